The third kappa shape index (κ3) is 5.27. The van der Waals surface area contributed by atoms with E-state index in [2.05, 4.69) is 20.8 Å². The van der Waals surface area contributed by atoms with E-state index < -0.39 is 0 Å². The Kier molecular flexibility index (Phi) is 6.89. The number of amides is 2. The van der Waals surface area contributed by atoms with Gasteiger partial charge in [0.2, 0.25) is 11.8 Å². The predicted molar refractivity (Wildman–Crippen MR) is 120 cm³/mol. The molecule has 1 aromatic heterocycles. The molecule has 3 aromatic rings. The van der Waals surface area contributed by atoms with Crippen LogP contribution in [0.2, 0.25) is 0 Å². The normalized spacial score (nSPS) is 10.7. The lowest BCUT2D eigenvalue weighted by molar-refractivity contribution is -0.116. The van der Waals surface area contributed by atoms with Crippen LogP contribution in [-0.2, 0) is 23.1 Å². The van der Waals surface area contributed by atoms with Gasteiger partial charge < -0.3 is 15.2 Å². The van der Waals surface area contributed by atoms with Crippen LogP contribution in [0.15, 0.2) is 47.6 Å². The van der Waals surface area contributed by atoms with Gasteiger partial charge in [-0.25, -0.2) is 0 Å². The fourth-order valence-corrected chi connectivity index (χ4v) is 3.72. The Labute approximate surface area is 180 Å². The summed E-state index contributed by atoms with van der Waals surface area (Å²) in [5.74, 6) is 0.469. The van der Waals surface area contributed by atoms with Gasteiger partial charge in [-0.05, 0) is 43.5 Å². The molecule has 2 amide bonds. The van der Waals surface area contributed by atoms with Crippen molar-refractivity contribution in [1.29, 1.82) is 0 Å². The molecular formula is C22H25N5O2S. The van der Waals surface area contributed by atoms with Gasteiger partial charge in [0, 0.05) is 18.4 Å². The highest BCUT2D eigenvalue weighted by Gasteiger charge is 2.15. The van der Waals surface area contributed by atoms with Crippen LogP contribution in [0.4, 0.5) is 11.4 Å². The minimum Gasteiger partial charge on any atom is -0.325 e. The smallest absolute Gasteiger partial charge is 0.234 e. The molecule has 30 heavy (non-hydrogen) atoms. The quantitative estimate of drug-likeness (QED) is 0.566. The largest absolute Gasteiger partial charge is 0.325 e. The van der Waals surface area contributed by atoms with Crippen molar-refractivity contribution in [3.63, 3.8) is 0 Å². The number of aryl methyl sites for hydroxylation is 3. The number of hydrogen-bond donors (Lipinski definition) is 2. The minimum absolute atomic E-state index is 0.104. The van der Waals surface area contributed by atoms with Crippen molar-refractivity contribution in [2.75, 3.05) is 16.4 Å². The van der Waals surface area contributed by atoms with Crippen LogP contribution < -0.4 is 10.6 Å². The van der Waals surface area contributed by atoms with Crippen molar-refractivity contribution in [3.8, 4) is 0 Å². The van der Waals surface area contributed by atoms with Crippen LogP contribution in [0.3, 0.4) is 0 Å². The lowest BCUT2D eigenvalue weighted by Crippen LogP contribution is -2.18. The lowest BCUT2D eigenvalue weighted by Gasteiger charge is -2.11. The Bertz CT molecular complexity index is 1060. The predicted octanol–water partition coefficient (Wildman–Crippen LogP) is 3.65. The molecule has 0 spiro atoms. The lowest BCUT2D eigenvalue weighted by atomic mass is 10.1. The van der Waals surface area contributed by atoms with Gasteiger partial charge in [-0.15, -0.1) is 10.2 Å². The summed E-state index contributed by atoms with van der Waals surface area (Å²) in [6.07, 6.45) is 0.104. The number of carbonyl (C=O) groups is 2. The summed E-state index contributed by atoms with van der Waals surface area (Å²) in [6, 6.07) is 13.5. The fourth-order valence-electron chi connectivity index (χ4n) is 2.99. The van der Waals surface area contributed by atoms with E-state index in [1.807, 2.05) is 63.2 Å². The number of hydrogen-bond acceptors (Lipinski definition) is 5. The number of benzene rings is 2. The molecule has 0 bridgehead atoms. The summed E-state index contributed by atoms with van der Waals surface area (Å²) < 4.78 is 1.74. The monoisotopic (exact) mass is 423 g/mol. The molecule has 0 aliphatic carbocycles. The van der Waals surface area contributed by atoms with Gasteiger partial charge in [-0.2, -0.15) is 0 Å². The molecule has 0 aliphatic heterocycles. The zero-order chi connectivity index (χ0) is 21.7. The summed E-state index contributed by atoms with van der Waals surface area (Å²) >= 11 is 1.29. The molecule has 0 unspecified atom stereocenters. The Hall–Kier alpha value is -3.13. The highest BCUT2D eigenvalue weighted by atomic mass is 32.2. The van der Waals surface area contributed by atoms with Gasteiger partial charge in [-0.3, -0.25) is 9.59 Å². The summed E-state index contributed by atoms with van der Waals surface area (Å²) in [5, 5.41) is 14.7. The number of nitrogens with one attached hydrogen (secondary N) is 2. The Morgan fingerprint density at radius 2 is 1.57 bits per heavy atom. The van der Waals surface area contributed by atoms with Gasteiger partial charge in [0.15, 0.2) is 5.16 Å². The number of carbonyl (C=O) groups excluding carboxylic acids is 2. The van der Waals surface area contributed by atoms with Crippen LogP contribution in [0.25, 0.3) is 0 Å². The third-order valence-electron chi connectivity index (χ3n) is 4.74. The molecule has 0 fully saturated rings. The zero-order valence-electron chi connectivity index (χ0n) is 17.5. The van der Waals surface area contributed by atoms with Crippen LogP contribution in [0.5, 0.6) is 0 Å². The Morgan fingerprint density at radius 1 is 0.900 bits per heavy atom. The molecule has 1 heterocycles. The topological polar surface area (TPSA) is 88.9 Å². The molecule has 156 valence electrons. The number of nitrogens with zero attached hydrogens (tertiary/aromatic N) is 3. The molecule has 0 saturated carbocycles. The number of anilines is 2. The molecule has 2 N–H and O–H groups in total. The van der Waals surface area contributed by atoms with Crippen LogP contribution in [0, 0.1) is 20.8 Å². The molecule has 0 aliphatic rings. The summed E-state index contributed by atoms with van der Waals surface area (Å²) in [6.45, 7) is 5.87. The Morgan fingerprint density at radius 3 is 2.27 bits per heavy atom. The van der Waals surface area contributed by atoms with E-state index in [-0.39, 0.29) is 24.0 Å². The first-order valence-corrected chi connectivity index (χ1v) is 10.6. The SMILES string of the molecule is Cc1ccccc1NC(=O)Cc1nnc(SCC(=O)Nc2c(C)cccc2C)n1C. The fraction of sp³-hybridized carbons (Fsp3) is 0.273. The van der Waals surface area contributed by atoms with Crippen molar-refractivity contribution in [2.45, 2.75) is 32.3 Å². The third-order valence-corrected chi connectivity index (χ3v) is 5.76. The first-order chi connectivity index (χ1) is 14.3. The minimum atomic E-state index is -0.163. The number of para-hydroxylation sites is 2. The molecular weight excluding hydrogens is 398 g/mol. The van der Waals surface area contributed by atoms with E-state index in [4.69, 9.17) is 0 Å². The maximum absolute atomic E-state index is 12.4. The second-order valence-corrected chi connectivity index (χ2v) is 8.04. The van der Waals surface area contributed by atoms with Gasteiger partial charge >= 0.3 is 0 Å². The van der Waals surface area contributed by atoms with E-state index in [0.29, 0.717) is 11.0 Å². The first-order valence-electron chi connectivity index (χ1n) is 9.57. The van der Waals surface area contributed by atoms with Crippen molar-refractivity contribution < 1.29 is 9.59 Å². The summed E-state index contributed by atoms with van der Waals surface area (Å²) in [4.78, 5) is 24.7. The van der Waals surface area contributed by atoms with Gasteiger partial charge in [0.05, 0.1) is 12.2 Å². The van der Waals surface area contributed by atoms with Crippen LogP contribution in [0.1, 0.15) is 22.5 Å². The average Bonchev–Trinajstić information content (AvgIpc) is 3.04. The maximum Gasteiger partial charge on any atom is 0.234 e. The summed E-state index contributed by atoms with van der Waals surface area (Å²) in [7, 11) is 1.79. The molecule has 2 aromatic carbocycles. The second kappa shape index (κ2) is 9.58. The molecule has 0 saturated heterocycles. The van der Waals surface area contributed by atoms with Gasteiger partial charge in [0.25, 0.3) is 0 Å². The zero-order valence-corrected chi connectivity index (χ0v) is 18.3. The van der Waals surface area contributed by atoms with E-state index in [1.165, 1.54) is 11.8 Å². The van der Waals surface area contributed by atoms with Crippen LogP contribution in [-0.4, -0.2) is 32.3 Å². The van der Waals surface area contributed by atoms with Crippen molar-refractivity contribution in [3.05, 3.63) is 65.0 Å². The molecule has 8 heteroatoms. The first kappa shape index (κ1) is 21.6. The standard InChI is InChI=1S/C22H25N5O2S/c1-14-8-5-6-11-17(14)23-19(28)12-18-25-26-22(27(18)4)30-13-20(29)24-21-15(2)9-7-10-16(21)3/h5-11H,12-13H2,1-4H3,(H,23,28)(H,24,29). The maximum atomic E-state index is 12.4. The molecule has 3 rings (SSSR count). The molecule has 0 radical (unpaired) electrons. The molecule has 0 atom stereocenters. The second-order valence-electron chi connectivity index (χ2n) is 7.10. The Balaban J connectivity index is 1.57. The molecule has 7 nitrogen and oxygen atoms in total. The van der Waals surface area contributed by atoms with Gasteiger partial charge in [0.1, 0.15) is 5.82 Å². The number of aromatic nitrogens is 3. The van der Waals surface area contributed by atoms with E-state index in [0.717, 1.165) is 28.1 Å². The highest BCUT2D eigenvalue weighted by Crippen LogP contribution is 2.21. The highest BCUT2D eigenvalue weighted by molar-refractivity contribution is 7.99. The van der Waals surface area contributed by atoms with E-state index in [9.17, 15) is 9.59 Å². The van der Waals surface area contributed by atoms with E-state index in [1.54, 1.807) is 11.6 Å². The summed E-state index contributed by atoms with van der Waals surface area (Å²) in [5.41, 5.74) is 4.66. The number of rotatable bonds is 7. The average molecular weight is 424 g/mol. The van der Waals surface area contributed by atoms with Crippen molar-refractivity contribution in [1.82, 2.24) is 14.8 Å². The van der Waals surface area contributed by atoms with Crippen molar-refractivity contribution in [2.24, 2.45) is 7.05 Å². The van der Waals surface area contributed by atoms with Crippen molar-refractivity contribution >= 4 is 35.0 Å². The number of thioether (sulfide) groups is 1. The van der Waals surface area contributed by atoms with Gasteiger partial charge in [-0.1, -0.05) is 48.2 Å². The van der Waals surface area contributed by atoms with Crippen LogP contribution >= 0.6 is 11.8 Å². The van der Waals surface area contributed by atoms with E-state index >= 15 is 0 Å².